The molecule has 11 nitrogen and oxygen atoms in total. The molecule has 0 aliphatic carbocycles. The SMILES string of the molecule is COc1ccc(CN2CCN(C(=O)[C@H](CC(C)C)NC(=O)[C@@H]3O[C@H]3C(=O)[O-])CC2)c(OC)c1OC.[Na+]. The quantitative estimate of drug-likeness (QED) is 0.235. The summed E-state index contributed by atoms with van der Waals surface area (Å²) in [5.41, 5.74) is 0.946. The van der Waals surface area contributed by atoms with Gasteiger partial charge < -0.3 is 39.1 Å². The summed E-state index contributed by atoms with van der Waals surface area (Å²) in [4.78, 5) is 40.4. The molecule has 1 N–H and O–H groups in total. The van der Waals surface area contributed by atoms with Crippen LogP contribution in [0.5, 0.6) is 17.2 Å². The molecule has 0 bridgehead atoms. The summed E-state index contributed by atoms with van der Waals surface area (Å²) in [5, 5.41) is 13.6. The predicted molar refractivity (Wildman–Crippen MR) is 123 cm³/mol. The zero-order valence-electron chi connectivity index (χ0n) is 21.9. The first-order chi connectivity index (χ1) is 16.7. The van der Waals surface area contributed by atoms with Crippen molar-refractivity contribution in [3.63, 3.8) is 0 Å². The van der Waals surface area contributed by atoms with E-state index >= 15 is 0 Å². The Labute approximate surface area is 233 Å². The van der Waals surface area contributed by atoms with Gasteiger partial charge in [-0.15, -0.1) is 0 Å². The van der Waals surface area contributed by atoms with E-state index in [9.17, 15) is 19.5 Å². The van der Waals surface area contributed by atoms with Crippen molar-refractivity contribution >= 4 is 17.8 Å². The number of epoxide rings is 1. The molecule has 0 unspecified atom stereocenters. The summed E-state index contributed by atoms with van der Waals surface area (Å²) < 4.78 is 21.2. The first-order valence-electron chi connectivity index (χ1n) is 11.7. The van der Waals surface area contributed by atoms with Crippen molar-refractivity contribution in [2.24, 2.45) is 5.92 Å². The van der Waals surface area contributed by atoms with Crippen LogP contribution in [-0.4, -0.2) is 93.3 Å². The number of hydrogen-bond donors (Lipinski definition) is 1. The van der Waals surface area contributed by atoms with Crippen LogP contribution < -0.4 is 54.2 Å². The largest absolute Gasteiger partial charge is 1.00 e. The van der Waals surface area contributed by atoms with Gasteiger partial charge in [0.1, 0.15) is 12.1 Å². The number of piperazine rings is 1. The van der Waals surface area contributed by atoms with Crippen molar-refractivity contribution in [1.82, 2.24) is 15.1 Å². The van der Waals surface area contributed by atoms with Gasteiger partial charge in [-0.1, -0.05) is 19.9 Å². The zero-order valence-corrected chi connectivity index (χ0v) is 23.9. The zero-order chi connectivity index (χ0) is 25.7. The van der Waals surface area contributed by atoms with Crippen molar-refractivity contribution < 1.29 is 68.0 Å². The molecule has 2 aliphatic rings. The van der Waals surface area contributed by atoms with Crippen molar-refractivity contribution in [2.75, 3.05) is 47.5 Å². The molecular formula is C24H34N3NaO8. The summed E-state index contributed by atoms with van der Waals surface area (Å²) in [5.74, 6) is -0.321. The Morgan fingerprint density at radius 2 is 1.67 bits per heavy atom. The number of nitrogens with zero attached hydrogens (tertiary/aromatic N) is 2. The summed E-state index contributed by atoms with van der Waals surface area (Å²) in [7, 11) is 4.72. The van der Waals surface area contributed by atoms with Gasteiger partial charge in [-0.25, -0.2) is 0 Å². The number of carboxylic acid groups (broad SMARTS) is 1. The maximum absolute atomic E-state index is 13.2. The van der Waals surface area contributed by atoms with Gasteiger partial charge in [-0.05, 0) is 18.4 Å². The monoisotopic (exact) mass is 515 g/mol. The third kappa shape index (κ3) is 7.25. The van der Waals surface area contributed by atoms with E-state index in [0.29, 0.717) is 56.4 Å². The molecule has 2 fully saturated rings. The van der Waals surface area contributed by atoms with Gasteiger partial charge in [0, 0.05) is 38.3 Å². The minimum atomic E-state index is -1.43. The van der Waals surface area contributed by atoms with E-state index in [0.717, 1.165) is 5.56 Å². The number of amides is 2. The Bertz CT molecular complexity index is 936. The van der Waals surface area contributed by atoms with E-state index in [2.05, 4.69) is 10.2 Å². The number of carbonyl (C=O) groups excluding carboxylic acids is 3. The van der Waals surface area contributed by atoms with Crippen LogP contribution in [0.3, 0.4) is 0 Å². The van der Waals surface area contributed by atoms with Crippen LogP contribution in [0.4, 0.5) is 0 Å². The Balaban J connectivity index is 0.00000456. The van der Waals surface area contributed by atoms with E-state index in [1.165, 1.54) is 0 Å². The molecule has 12 heteroatoms. The summed E-state index contributed by atoms with van der Waals surface area (Å²) >= 11 is 0. The second kappa shape index (κ2) is 13.5. The number of ether oxygens (including phenoxy) is 4. The second-order valence-corrected chi connectivity index (χ2v) is 9.08. The third-order valence-corrected chi connectivity index (χ3v) is 6.17. The van der Waals surface area contributed by atoms with Crippen LogP contribution in [0.1, 0.15) is 25.8 Å². The predicted octanol–water partition coefficient (Wildman–Crippen LogP) is -3.59. The molecular weight excluding hydrogens is 481 g/mol. The van der Waals surface area contributed by atoms with Gasteiger partial charge in [0.05, 0.1) is 27.3 Å². The Morgan fingerprint density at radius 1 is 1.03 bits per heavy atom. The maximum Gasteiger partial charge on any atom is 1.00 e. The summed E-state index contributed by atoms with van der Waals surface area (Å²) in [6, 6.07) is 3.03. The maximum atomic E-state index is 13.2. The van der Waals surface area contributed by atoms with E-state index in [4.69, 9.17) is 18.9 Å². The minimum Gasteiger partial charge on any atom is -0.547 e. The molecule has 0 spiro atoms. The Hall–Kier alpha value is -2.05. The first-order valence-corrected chi connectivity index (χ1v) is 11.7. The number of aliphatic carboxylic acids is 1. The van der Waals surface area contributed by atoms with Crippen LogP contribution in [0, 0.1) is 5.92 Å². The van der Waals surface area contributed by atoms with Crippen LogP contribution >= 0.6 is 0 Å². The number of benzene rings is 1. The fourth-order valence-electron chi connectivity index (χ4n) is 4.31. The molecule has 36 heavy (non-hydrogen) atoms. The van der Waals surface area contributed by atoms with Crippen molar-refractivity contribution in [3.8, 4) is 17.2 Å². The first kappa shape index (κ1) is 30.2. The van der Waals surface area contributed by atoms with E-state index in [1.54, 1.807) is 26.2 Å². The number of carboxylic acids is 1. The van der Waals surface area contributed by atoms with Gasteiger partial charge in [-0.3, -0.25) is 14.5 Å². The van der Waals surface area contributed by atoms with E-state index < -0.39 is 30.1 Å². The van der Waals surface area contributed by atoms with Gasteiger partial charge in [0.15, 0.2) is 17.6 Å². The average Bonchev–Trinajstić information content (AvgIpc) is 3.64. The number of hydrogen-bond acceptors (Lipinski definition) is 9. The van der Waals surface area contributed by atoms with Crippen molar-refractivity contribution in [1.29, 1.82) is 0 Å². The van der Waals surface area contributed by atoms with Crippen molar-refractivity contribution in [2.45, 2.75) is 45.1 Å². The molecule has 2 saturated heterocycles. The molecule has 1 aromatic carbocycles. The average molecular weight is 516 g/mol. The standard InChI is InChI=1S/C24H35N3O8.Na/c1-14(2)12-16(25-22(28)20-21(35-20)24(30)31)23(29)27-10-8-26(9-11-27)13-15-6-7-17(32-3)19(34-5)18(15)33-4;/h6-7,14,16,20-21H,8-13H2,1-5H3,(H,25,28)(H,30,31);/q;+1/p-1/t16-,20+,21+;/m0./s1. The van der Waals surface area contributed by atoms with E-state index in [-0.39, 0.29) is 41.4 Å². The van der Waals surface area contributed by atoms with Crippen molar-refractivity contribution in [3.05, 3.63) is 17.7 Å². The molecule has 1 aromatic rings. The van der Waals surface area contributed by atoms with Gasteiger partial charge in [-0.2, -0.15) is 0 Å². The van der Waals surface area contributed by atoms with Crippen LogP contribution in [-0.2, 0) is 25.7 Å². The molecule has 0 aromatic heterocycles. The van der Waals surface area contributed by atoms with Crippen LogP contribution in [0.15, 0.2) is 12.1 Å². The number of carbonyl (C=O) groups is 3. The Morgan fingerprint density at radius 3 is 2.17 bits per heavy atom. The van der Waals surface area contributed by atoms with Crippen LogP contribution in [0.25, 0.3) is 0 Å². The smallest absolute Gasteiger partial charge is 0.547 e. The third-order valence-electron chi connectivity index (χ3n) is 6.17. The second-order valence-electron chi connectivity index (χ2n) is 9.08. The van der Waals surface area contributed by atoms with E-state index in [1.807, 2.05) is 26.0 Å². The summed E-state index contributed by atoms with van der Waals surface area (Å²) in [6.07, 6.45) is -1.91. The summed E-state index contributed by atoms with van der Waals surface area (Å²) in [6.45, 7) is 6.81. The fraction of sp³-hybridized carbons (Fsp3) is 0.625. The number of methoxy groups -OCH3 is 3. The molecule has 2 heterocycles. The topological polar surface area (TPSA) is 133 Å². The van der Waals surface area contributed by atoms with Crippen LogP contribution in [0.2, 0.25) is 0 Å². The molecule has 3 atom stereocenters. The molecule has 2 aliphatic heterocycles. The van der Waals surface area contributed by atoms with Gasteiger partial charge in [0.2, 0.25) is 11.7 Å². The number of rotatable bonds is 11. The molecule has 0 radical (unpaired) electrons. The minimum absolute atomic E-state index is 0. The van der Waals surface area contributed by atoms with Gasteiger partial charge in [0.25, 0.3) is 5.91 Å². The number of nitrogens with one attached hydrogen (secondary N) is 1. The molecule has 2 amide bonds. The normalized spacial score (nSPS) is 20.2. The van der Waals surface area contributed by atoms with Gasteiger partial charge >= 0.3 is 29.6 Å². The molecule has 194 valence electrons. The molecule has 3 rings (SSSR count). The molecule has 0 saturated carbocycles. The Kier molecular flexibility index (Phi) is 11.3. The fourth-order valence-corrected chi connectivity index (χ4v) is 4.31.